The zero-order valence-electron chi connectivity index (χ0n) is 11.9. The number of hydrogen-bond acceptors (Lipinski definition) is 4. The third kappa shape index (κ3) is 2.98. The number of aromatic nitrogens is 1. The summed E-state index contributed by atoms with van der Waals surface area (Å²) in [5.74, 6) is -1.78. The smallest absolute Gasteiger partial charge is 0.349 e. The van der Waals surface area contributed by atoms with Gasteiger partial charge in [-0.05, 0) is 46.6 Å². The van der Waals surface area contributed by atoms with Gasteiger partial charge in [0.25, 0.3) is 0 Å². The van der Waals surface area contributed by atoms with Gasteiger partial charge in [-0.25, -0.2) is 13.6 Å². The van der Waals surface area contributed by atoms with E-state index in [1.807, 2.05) is 0 Å². The van der Waals surface area contributed by atoms with Crippen molar-refractivity contribution in [1.82, 2.24) is 4.98 Å². The predicted molar refractivity (Wildman–Crippen MR) is 88.6 cm³/mol. The van der Waals surface area contributed by atoms with Gasteiger partial charge in [0.15, 0.2) is 0 Å². The molecule has 3 nitrogen and oxygen atoms in total. The molecule has 7 heteroatoms. The second-order valence-electron chi connectivity index (χ2n) is 4.66. The molecule has 0 radical (unpaired) electrons. The highest BCUT2D eigenvalue weighted by atomic mass is 79.9. The third-order valence-corrected chi connectivity index (χ3v) is 5.38. The van der Waals surface area contributed by atoms with Gasteiger partial charge < -0.3 is 4.74 Å². The van der Waals surface area contributed by atoms with Crippen molar-refractivity contribution in [3.05, 3.63) is 51.4 Å². The Morgan fingerprint density at radius 1 is 1.30 bits per heavy atom. The zero-order chi connectivity index (χ0) is 16.6. The van der Waals surface area contributed by atoms with E-state index in [0.29, 0.717) is 30.7 Å². The molecule has 0 N–H and O–H groups in total. The topological polar surface area (TPSA) is 39.2 Å². The number of rotatable bonds is 3. The van der Waals surface area contributed by atoms with E-state index < -0.39 is 17.6 Å². The first-order valence-corrected chi connectivity index (χ1v) is 8.32. The van der Waals surface area contributed by atoms with Crippen LogP contribution < -0.4 is 0 Å². The first-order chi connectivity index (χ1) is 11.0. The summed E-state index contributed by atoms with van der Waals surface area (Å²) in [6.45, 7) is 1.98. The molecule has 0 unspecified atom stereocenters. The Morgan fingerprint density at radius 3 is 2.65 bits per heavy atom. The van der Waals surface area contributed by atoms with E-state index in [-0.39, 0.29) is 6.61 Å². The fraction of sp³-hybridized carbons (Fsp3) is 0.125. The molecule has 3 aromatic rings. The summed E-state index contributed by atoms with van der Waals surface area (Å²) in [6, 6.07) is 4.97. The van der Waals surface area contributed by atoms with Crippen molar-refractivity contribution in [1.29, 1.82) is 0 Å². The predicted octanol–water partition coefficient (Wildman–Crippen LogP) is 5.18. The minimum Gasteiger partial charge on any atom is -0.462 e. The van der Waals surface area contributed by atoms with E-state index >= 15 is 0 Å². The number of ether oxygens (including phenoxy) is 1. The van der Waals surface area contributed by atoms with Gasteiger partial charge in [-0.2, -0.15) is 0 Å². The lowest BCUT2D eigenvalue weighted by atomic mass is 10.1. The molecule has 1 aromatic carbocycles. The molecular formula is C16H10BrF2NO2S. The van der Waals surface area contributed by atoms with Crippen LogP contribution in [0, 0.1) is 11.6 Å². The molecule has 0 amide bonds. The Labute approximate surface area is 143 Å². The molecule has 118 valence electrons. The van der Waals surface area contributed by atoms with E-state index in [0.717, 1.165) is 6.07 Å². The number of fused-ring (bicyclic) bond motifs is 1. The molecular weight excluding hydrogens is 388 g/mol. The maximum absolute atomic E-state index is 13.5. The second kappa shape index (κ2) is 6.33. The molecule has 0 saturated carbocycles. The van der Waals surface area contributed by atoms with Gasteiger partial charge in [0.05, 0.1) is 21.3 Å². The average molecular weight is 398 g/mol. The lowest BCUT2D eigenvalue weighted by Crippen LogP contribution is -2.02. The van der Waals surface area contributed by atoms with E-state index in [4.69, 9.17) is 4.74 Å². The highest BCUT2D eigenvalue weighted by Crippen LogP contribution is 2.40. The van der Waals surface area contributed by atoms with Gasteiger partial charge >= 0.3 is 5.97 Å². The first-order valence-electron chi connectivity index (χ1n) is 6.72. The third-order valence-electron chi connectivity index (χ3n) is 3.15. The van der Waals surface area contributed by atoms with Gasteiger partial charge in [0.1, 0.15) is 16.5 Å². The van der Waals surface area contributed by atoms with Crippen LogP contribution in [0.25, 0.3) is 21.3 Å². The normalized spacial score (nSPS) is 11.0. The lowest BCUT2D eigenvalue weighted by molar-refractivity contribution is 0.0531. The number of carbonyl (C=O) groups excluding carboxylic acids is 1. The molecule has 23 heavy (non-hydrogen) atoms. The van der Waals surface area contributed by atoms with Crippen LogP contribution in [0.3, 0.4) is 0 Å². The molecule has 0 spiro atoms. The fourth-order valence-electron chi connectivity index (χ4n) is 2.23. The lowest BCUT2D eigenvalue weighted by Gasteiger charge is -2.03. The molecule has 2 heterocycles. The molecule has 0 aliphatic rings. The van der Waals surface area contributed by atoms with E-state index in [1.165, 1.54) is 29.7 Å². The number of nitrogens with zero attached hydrogens (tertiary/aromatic N) is 1. The highest BCUT2D eigenvalue weighted by molar-refractivity contribution is 9.10. The second-order valence-corrected chi connectivity index (χ2v) is 6.47. The molecule has 0 aliphatic heterocycles. The van der Waals surface area contributed by atoms with Gasteiger partial charge in [-0.15, -0.1) is 11.3 Å². The summed E-state index contributed by atoms with van der Waals surface area (Å²) in [4.78, 5) is 16.6. The van der Waals surface area contributed by atoms with Crippen molar-refractivity contribution in [3.63, 3.8) is 0 Å². The summed E-state index contributed by atoms with van der Waals surface area (Å²) in [5, 5.41) is 0. The molecule has 0 bridgehead atoms. The number of benzene rings is 1. The summed E-state index contributed by atoms with van der Waals surface area (Å²) < 4.78 is 33.2. The number of carbonyl (C=O) groups is 1. The van der Waals surface area contributed by atoms with Crippen molar-refractivity contribution in [2.45, 2.75) is 6.92 Å². The Balaban J connectivity index is 2.23. The van der Waals surface area contributed by atoms with Crippen molar-refractivity contribution in [2.75, 3.05) is 6.61 Å². The SMILES string of the molecule is CCOC(=O)c1sc2c(-c3cc(F)cc(F)c3)ccnc2c1Br. The molecule has 0 fully saturated rings. The largest absolute Gasteiger partial charge is 0.462 e. The van der Waals surface area contributed by atoms with Crippen molar-refractivity contribution >= 4 is 43.5 Å². The fourth-order valence-corrected chi connectivity index (χ4v) is 4.14. The Kier molecular flexibility index (Phi) is 4.41. The number of hydrogen-bond donors (Lipinski definition) is 0. The van der Waals surface area contributed by atoms with Gasteiger partial charge in [0.2, 0.25) is 0 Å². The Hall–Kier alpha value is -1.86. The number of halogens is 3. The maximum atomic E-state index is 13.5. The maximum Gasteiger partial charge on any atom is 0.349 e. The van der Waals surface area contributed by atoms with Crippen LogP contribution in [0.5, 0.6) is 0 Å². The molecule has 2 aromatic heterocycles. The number of thiophene rings is 1. The van der Waals surface area contributed by atoms with E-state index in [9.17, 15) is 13.6 Å². The number of pyridine rings is 1. The van der Waals surface area contributed by atoms with Crippen molar-refractivity contribution < 1.29 is 18.3 Å². The summed E-state index contributed by atoms with van der Waals surface area (Å²) in [5.41, 5.74) is 1.55. The molecule has 0 atom stereocenters. The summed E-state index contributed by atoms with van der Waals surface area (Å²) in [7, 11) is 0. The van der Waals surface area contributed by atoms with Crippen LogP contribution in [-0.4, -0.2) is 17.6 Å². The van der Waals surface area contributed by atoms with Gasteiger partial charge in [-0.3, -0.25) is 4.98 Å². The molecule has 0 aliphatic carbocycles. The van der Waals surface area contributed by atoms with Crippen LogP contribution in [0.15, 0.2) is 34.9 Å². The van der Waals surface area contributed by atoms with Crippen LogP contribution in [0.1, 0.15) is 16.6 Å². The number of esters is 1. The van der Waals surface area contributed by atoms with Crippen LogP contribution in [0.4, 0.5) is 8.78 Å². The average Bonchev–Trinajstić information content (AvgIpc) is 2.84. The molecule has 0 saturated heterocycles. The van der Waals surface area contributed by atoms with Crippen LogP contribution >= 0.6 is 27.3 Å². The van der Waals surface area contributed by atoms with Crippen molar-refractivity contribution in [2.24, 2.45) is 0 Å². The van der Waals surface area contributed by atoms with E-state index in [1.54, 1.807) is 13.0 Å². The van der Waals surface area contributed by atoms with Gasteiger partial charge in [0, 0.05) is 17.8 Å². The van der Waals surface area contributed by atoms with Gasteiger partial charge in [-0.1, -0.05) is 0 Å². The van der Waals surface area contributed by atoms with E-state index in [2.05, 4.69) is 20.9 Å². The Morgan fingerprint density at radius 2 is 2.00 bits per heavy atom. The van der Waals surface area contributed by atoms with Crippen LogP contribution in [-0.2, 0) is 4.74 Å². The monoisotopic (exact) mass is 397 g/mol. The highest BCUT2D eigenvalue weighted by Gasteiger charge is 2.21. The van der Waals surface area contributed by atoms with Crippen LogP contribution in [0.2, 0.25) is 0 Å². The minimum absolute atomic E-state index is 0.259. The molecule has 3 rings (SSSR count). The minimum atomic E-state index is -0.661. The standard InChI is InChI=1S/C16H10BrF2NO2S/c1-2-22-16(21)15-12(17)13-14(23-15)11(3-4-20-13)8-5-9(18)7-10(19)6-8/h3-7H,2H2,1H3. The zero-order valence-corrected chi connectivity index (χ0v) is 14.3. The quantitative estimate of drug-likeness (QED) is 0.571. The van der Waals surface area contributed by atoms with Crippen molar-refractivity contribution in [3.8, 4) is 11.1 Å². The first kappa shape index (κ1) is 16.0. The summed E-state index contributed by atoms with van der Waals surface area (Å²) in [6.07, 6.45) is 1.53. The summed E-state index contributed by atoms with van der Waals surface area (Å²) >= 11 is 4.53. The Bertz CT molecular complexity index is 890.